The minimum absolute atomic E-state index is 0.0378. The lowest BCUT2D eigenvalue weighted by Crippen LogP contribution is -2.41. The Morgan fingerprint density at radius 3 is 2.41 bits per heavy atom. The Morgan fingerprint density at radius 2 is 1.85 bits per heavy atom. The molecule has 0 radical (unpaired) electrons. The fourth-order valence-corrected chi connectivity index (χ4v) is 3.36. The Bertz CT molecular complexity index is 694. The van der Waals surface area contributed by atoms with Gasteiger partial charge in [0.25, 0.3) is 0 Å². The van der Waals surface area contributed by atoms with Crippen molar-refractivity contribution in [2.75, 3.05) is 13.7 Å². The maximum absolute atomic E-state index is 13.0. The Morgan fingerprint density at radius 1 is 1.22 bits per heavy atom. The van der Waals surface area contributed by atoms with Gasteiger partial charge in [-0.25, -0.2) is 0 Å². The van der Waals surface area contributed by atoms with Gasteiger partial charge in [-0.15, -0.1) is 0 Å². The van der Waals surface area contributed by atoms with Crippen LogP contribution in [-0.4, -0.2) is 42.0 Å². The predicted molar refractivity (Wildman–Crippen MR) is 101 cm³/mol. The molecule has 0 unspecified atom stereocenters. The fourth-order valence-electron chi connectivity index (χ4n) is 3.36. The van der Waals surface area contributed by atoms with Crippen LogP contribution in [0.3, 0.4) is 0 Å². The van der Waals surface area contributed by atoms with Crippen molar-refractivity contribution in [3.8, 4) is 0 Å². The molecule has 1 saturated heterocycles. The highest BCUT2D eigenvalue weighted by atomic mass is 16.6. The van der Waals surface area contributed by atoms with Crippen molar-refractivity contribution in [2.24, 2.45) is 5.41 Å². The number of methoxy groups -OCH3 is 1. The summed E-state index contributed by atoms with van der Waals surface area (Å²) >= 11 is 0. The first kappa shape index (κ1) is 20.9. The van der Waals surface area contributed by atoms with E-state index in [0.717, 1.165) is 5.56 Å². The summed E-state index contributed by atoms with van der Waals surface area (Å²) in [6.45, 7) is 7.55. The lowest BCUT2D eigenvalue weighted by Gasteiger charge is -2.32. The smallest absolute Gasteiger partial charge is 0.314 e. The number of hydrogen-bond donors (Lipinski definition) is 0. The van der Waals surface area contributed by atoms with Gasteiger partial charge < -0.3 is 14.4 Å². The van der Waals surface area contributed by atoms with Crippen LogP contribution in [-0.2, 0) is 23.9 Å². The molecule has 1 fully saturated rings. The summed E-state index contributed by atoms with van der Waals surface area (Å²) in [5, 5.41) is 0. The second-order valence-electron chi connectivity index (χ2n) is 8.14. The molecule has 0 aliphatic carbocycles. The quantitative estimate of drug-likeness (QED) is 0.714. The van der Waals surface area contributed by atoms with E-state index in [-0.39, 0.29) is 37.8 Å². The standard InChI is InChI=1S/C21H29NO5/c1-15(16-9-7-6-8-10-16)22-14-21(13-17(22)23,12-11-18(24)26-5)19(25)27-20(2,3)4/h6-10,15H,11-14H2,1-5H3/t15-,21+/m1/s1. The number of likely N-dealkylation sites (tertiary alicyclic amines) is 1. The summed E-state index contributed by atoms with van der Waals surface area (Å²) in [4.78, 5) is 39.1. The SMILES string of the molecule is COC(=O)CC[C@]1(C(=O)OC(C)(C)C)CC(=O)N([C@H](C)c2ccccc2)C1. The number of esters is 2. The van der Waals surface area contributed by atoms with E-state index < -0.39 is 23.0 Å². The van der Waals surface area contributed by atoms with Crippen molar-refractivity contribution in [3.05, 3.63) is 35.9 Å². The molecule has 1 amide bonds. The van der Waals surface area contributed by atoms with E-state index >= 15 is 0 Å². The first-order valence-corrected chi connectivity index (χ1v) is 9.23. The van der Waals surface area contributed by atoms with Crippen molar-refractivity contribution in [2.45, 2.75) is 58.6 Å². The lowest BCUT2D eigenvalue weighted by atomic mass is 9.82. The van der Waals surface area contributed by atoms with Gasteiger partial charge in [0.2, 0.25) is 5.91 Å². The molecule has 6 heteroatoms. The average molecular weight is 375 g/mol. The van der Waals surface area contributed by atoms with Crippen LogP contribution in [0.1, 0.15) is 58.6 Å². The van der Waals surface area contributed by atoms with Gasteiger partial charge in [0.1, 0.15) is 5.60 Å². The van der Waals surface area contributed by atoms with Gasteiger partial charge in [-0.1, -0.05) is 30.3 Å². The third-order valence-corrected chi connectivity index (χ3v) is 4.90. The maximum atomic E-state index is 13.0. The zero-order valence-corrected chi connectivity index (χ0v) is 16.8. The molecule has 1 aliphatic heterocycles. The first-order valence-electron chi connectivity index (χ1n) is 9.23. The van der Waals surface area contributed by atoms with Gasteiger partial charge in [0, 0.05) is 19.4 Å². The number of nitrogens with zero attached hydrogens (tertiary/aromatic N) is 1. The second-order valence-corrected chi connectivity index (χ2v) is 8.14. The number of amides is 1. The summed E-state index contributed by atoms with van der Waals surface area (Å²) in [6, 6.07) is 9.51. The van der Waals surface area contributed by atoms with Gasteiger partial charge >= 0.3 is 11.9 Å². The molecule has 2 atom stereocenters. The molecule has 1 heterocycles. The number of ether oxygens (including phenoxy) is 2. The molecule has 1 aliphatic rings. The number of hydrogen-bond acceptors (Lipinski definition) is 5. The van der Waals surface area contributed by atoms with E-state index in [1.165, 1.54) is 7.11 Å². The summed E-state index contributed by atoms with van der Waals surface area (Å²) < 4.78 is 10.3. The second kappa shape index (κ2) is 8.11. The van der Waals surface area contributed by atoms with Crippen molar-refractivity contribution < 1.29 is 23.9 Å². The number of benzene rings is 1. The molecule has 0 spiro atoms. The Labute approximate surface area is 160 Å². The van der Waals surface area contributed by atoms with E-state index in [1.807, 2.05) is 37.3 Å². The van der Waals surface area contributed by atoms with Gasteiger partial charge in [0.05, 0.1) is 18.6 Å². The first-order chi connectivity index (χ1) is 12.6. The molecule has 148 valence electrons. The highest BCUT2D eigenvalue weighted by Gasteiger charge is 2.52. The van der Waals surface area contributed by atoms with Crippen LogP contribution in [0.5, 0.6) is 0 Å². The number of rotatable bonds is 6. The predicted octanol–water partition coefficient (Wildman–Crippen LogP) is 3.26. The molecule has 0 saturated carbocycles. The molecule has 2 rings (SSSR count). The van der Waals surface area contributed by atoms with Crippen molar-refractivity contribution in [3.63, 3.8) is 0 Å². The summed E-state index contributed by atoms with van der Waals surface area (Å²) in [5.74, 6) is -0.947. The van der Waals surface area contributed by atoms with E-state index in [4.69, 9.17) is 9.47 Å². The van der Waals surface area contributed by atoms with Crippen molar-refractivity contribution in [1.82, 2.24) is 4.90 Å². The minimum Gasteiger partial charge on any atom is -0.469 e. The third-order valence-electron chi connectivity index (χ3n) is 4.90. The molecule has 6 nitrogen and oxygen atoms in total. The third kappa shape index (κ3) is 5.08. The van der Waals surface area contributed by atoms with E-state index in [0.29, 0.717) is 0 Å². The summed E-state index contributed by atoms with van der Waals surface area (Å²) in [6.07, 6.45) is 0.324. The molecule has 0 bridgehead atoms. The maximum Gasteiger partial charge on any atom is 0.314 e. The fraction of sp³-hybridized carbons (Fsp3) is 0.571. The average Bonchev–Trinajstić information content (AvgIpc) is 2.96. The van der Waals surface area contributed by atoms with Gasteiger partial charge in [-0.2, -0.15) is 0 Å². The van der Waals surface area contributed by atoms with Crippen LogP contribution < -0.4 is 0 Å². The zero-order valence-electron chi connectivity index (χ0n) is 16.8. The van der Waals surface area contributed by atoms with E-state index in [2.05, 4.69) is 0 Å². The number of carbonyl (C=O) groups excluding carboxylic acids is 3. The Balaban J connectivity index is 2.27. The van der Waals surface area contributed by atoms with Gasteiger partial charge in [0.15, 0.2) is 0 Å². The number of carbonyl (C=O) groups is 3. The topological polar surface area (TPSA) is 72.9 Å². The van der Waals surface area contributed by atoms with Crippen LogP contribution >= 0.6 is 0 Å². The van der Waals surface area contributed by atoms with Crippen LogP contribution in [0, 0.1) is 5.41 Å². The normalized spacial score (nSPS) is 21.1. The highest BCUT2D eigenvalue weighted by molar-refractivity contribution is 5.90. The highest BCUT2D eigenvalue weighted by Crippen LogP contribution is 2.41. The Hall–Kier alpha value is -2.37. The molecule has 0 N–H and O–H groups in total. The van der Waals surface area contributed by atoms with Crippen molar-refractivity contribution in [1.29, 1.82) is 0 Å². The van der Waals surface area contributed by atoms with Crippen LogP contribution in [0.15, 0.2) is 30.3 Å². The lowest BCUT2D eigenvalue weighted by molar-refractivity contribution is -0.168. The molecular weight excluding hydrogens is 346 g/mol. The zero-order chi connectivity index (χ0) is 20.2. The van der Waals surface area contributed by atoms with Gasteiger partial charge in [-0.3, -0.25) is 14.4 Å². The molecule has 1 aromatic rings. The van der Waals surface area contributed by atoms with Gasteiger partial charge in [-0.05, 0) is 39.7 Å². The monoisotopic (exact) mass is 375 g/mol. The molecule has 27 heavy (non-hydrogen) atoms. The van der Waals surface area contributed by atoms with Crippen LogP contribution in [0.25, 0.3) is 0 Å². The molecule has 1 aromatic carbocycles. The molecule has 0 aromatic heterocycles. The summed E-state index contributed by atoms with van der Waals surface area (Å²) in [7, 11) is 1.31. The van der Waals surface area contributed by atoms with Crippen LogP contribution in [0.4, 0.5) is 0 Å². The molecular formula is C21H29NO5. The van der Waals surface area contributed by atoms with E-state index in [9.17, 15) is 14.4 Å². The minimum atomic E-state index is -1.04. The van der Waals surface area contributed by atoms with Crippen LogP contribution in [0.2, 0.25) is 0 Å². The largest absolute Gasteiger partial charge is 0.469 e. The van der Waals surface area contributed by atoms with Crippen molar-refractivity contribution >= 4 is 17.8 Å². The van der Waals surface area contributed by atoms with E-state index in [1.54, 1.807) is 25.7 Å². The Kier molecular flexibility index (Phi) is 6.29. The summed E-state index contributed by atoms with van der Waals surface area (Å²) in [5.41, 5.74) is -0.711.